The number of halogens is 11. The summed E-state index contributed by atoms with van der Waals surface area (Å²) in [6.45, 7) is 19.6. The summed E-state index contributed by atoms with van der Waals surface area (Å²) in [6, 6.07) is 20.6. The number of aromatic amines is 1. The number of carbonyl (C=O) groups is 6. The number of aliphatic hydroxyl groups is 2. The van der Waals surface area contributed by atoms with Gasteiger partial charge in [-0.05, 0) is 186 Å². The molecule has 0 radical (unpaired) electrons. The number of aliphatic hydroxyl groups excluding tert-OH is 2. The normalized spacial score (nSPS) is 9.72. The number of ketones is 4. The van der Waals surface area contributed by atoms with E-state index in [0.29, 0.717) is 34.9 Å². The van der Waals surface area contributed by atoms with E-state index in [4.69, 9.17) is 42.3 Å². The predicted octanol–water partition coefficient (Wildman–Crippen LogP) is 22.7. The fraction of sp³-hybridized carbons (Fsp3) is 0.447. The smallest absolute Gasteiger partial charge is 0.450 e. The van der Waals surface area contributed by atoms with Crippen LogP contribution in [-0.4, -0.2) is 135 Å². The first-order chi connectivity index (χ1) is 53.5. The summed E-state index contributed by atoms with van der Waals surface area (Å²) < 4.78 is 85.9. The first-order valence-corrected chi connectivity index (χ1v) is 38.2. The molecule has 22 nitrogen and oxygen atoms in total. The van der Waals surface area contributed by atoms with E-state index >= 15 is 0 Å². The maximum absolute atomic E-state index is 12.5. The van der Waals surface area contributed by atoms with Crippen LogP contribution in [0.25, 0.3) is 11.4 Å². The molecule has 118 heavy (non-hydrogen) atoms. The molecule has 8 rings (SSSR count). The van der Waals surface area contributed by atoms with Gasteiger partial charge in [0.1, 0.15) is 39.9 Å². The zero-order chi connectivity index (χ0) is 85.0. The van der Waals surface area contributed by atoms with E-state index in [1.54, 1.807) is 94.1 Å². The van der Waals surface area contributed by atoms with Crippen LogP contribution in [-0.2, 0) is 20.4 Å². The minimum Gasteiger partial charge on any atom is -0.477 e. The third-order valence-electron chi connectivity index (χ3n) is 13.1. The summed E-state index contributed by atoms with van der Waals surface area (Å²) >= 11 is 9.58. The number of H-pyrrole nitrogens is 1. The van der Waals surface area contributed by atoms with Gasteiger partial charge in [-0.15, -0.1) is 37.2 Å². The number of nitrogens with zero attached hydrogens (tertiary/aromatic N) is 7. The summed E-state index contributed by atoms with van der Waals surface area (Å²) in [5.74, 6) is 16.2. The minimum atomic E-state index is -5.00. The number of esters is 1. The topological polar surface area (TPSA) is 367 Å². The van der Waals surface area contributed by atoms with Crippen LogP contribution in [0.1, 0.15) is 283 Å². The van der Waals surface area contributed by atoms with Gasteiger partial charge in [-0.25, -0.2) is 30.6 Å². The molecule has 33 heteroatoms. The van der Waals surface area contributed by atoms with Gasteiger partial charge in [0.25, 0.3) is 0 Å². The van der Waals surface area contributed by atoms with Crippen molar-refractivity contribution < 1.29 is 86.8 Å². The Morgan fingerprint density at radius 1 is 0.525 bits per heavy atom. The van der Waals surface area contributed by atoms with E-state index in [-0.39, 0.29) is 102 Å². The lowest BCUT2D eigenvalue weighted by Crippen LogP contribution is -2.25. The van der Waals surface area contributed by atoms with Crippen LogP contribution in [0.5, 0.6) is 0 Å². The van der Waals surface area contributed by atoms with Gasteiger partial charge in [-0.2, -0.15) is 31.4 Å². The molecule has 1 fully saturated rings. The van der Waals surface area contributed by atoms with E-state index in [1.165, 1.54) is 89.4 Å². The van der Waals surface area contributed by atoms with Crippen molar-refractivity contribution in [2.75, 3.05) is 33.0 Å². The van der Waals surface area contributed by atoms with Crippen LogP contribution in [0.3, 0.4) is 0 Å². The van der Waals surface area contributed by atoms with Gasteiger partial charge in [0, 0.05) is 135 Å². The van der Waals surface area contributed by atoms with Gasteiger partial charge in [0.2, 0.25) is 5.78 Å². The number of aromatic carboxylic acids is 1. The summed E-state index contributed by atoms with van der Waals surface area (Å²) in [5.41, 5.74) is 13.1. The van der Waals surface area contributed by atoms with Crippen LogP contribution in [0, 0.1) is 58.9 Å². The van der Waals surface area contributed by atoms with Crippen molar-refractivity contribution in [2.24, 2.45) is 0 Å². The molecule has 8 N–H and O–H groups in total. The number of unbranched alkanes of at least 4 members (excludes halogenated alkanes) is 12. The highest BCUT2D eigenvalue weighted by Crippen LogP contribution is 2.30. The van der Waals surface area contributed by atoms with Crippen molar-refractivity contribution >= 4 is 108 Å². The van der Waals surface area contributed by atoms with Crippen LogP contribution in [0.4, 0.5) is 26.3 Å². The van der Waals surface area contributed by atoms with Crippen molar-refractivity contribution in [1.82, 2.24) is 40.1 Å². The Bertz CT molecular complexity index is 3930. The lowest BCUT2D eigenvalue weighted by atomic mass is 10.1. The molecule has 7 aromatic rings. The molecule has 658 valence electrons. The third-order valence-corrected chi connectivity index (χ3v) is 14.5. The fourth-order valence-corrected chi connectivity index (χ4v) is 8.23. The Balaban J connectivity index is -0.000000144. The number of rotatable bonds is 21. The molecule has 1 saturated heterocycles. The molecule has 1 aliphatic rings. The average molecular weight is 1900 g/mol. The van der Waals surface area contributed by atoms with Gasteiger partial charge in [-0.3, -0.25) is 44.2 Å². The van der Waals surface area contributed by atoms with Gasteiger partial charge in [0.15, 0.2) is 17.3 Å². The number of aromatic nitrogens is 8. The molecule has 0 saturated carbocycles. The Morgan fingerprint density at radius 2 is 0.873 bits per heavy atom. The van der Waals surface area contributed by atoms with Crippen molar-refractivity contribution in [1.29, 1.82) is 11.1 Å². The maximum Gasteiger partial charge on any atom is 0.450 e. The van der Waals surface area contributed by atoms with Gasteiger partial charge in [-0.1, -0.05) is 137 Å². The summed E-state index contributed by atoms with van der Waals surface area (Å²) in [6.07, 6.45) is 23.5. The molecule has 1 aliphatic heterocycles. The van der Waals surface area contributed by atoms with E-state index in [0.717, 1.165) is 114 Å². The number of Topliss-reactive ketones (excluding diaryl/α,β-unsaturated/α-hetero) is 4. The summed E-state index contributed by atoms with van der Waals surface area (Å²) in [5, 5.41) is 29.1. The molecule has 0 aromatic carbocycles. The van der Waals surface area contributed by atoms with Crippen LogP contribution < -0.4 is 0 Å². The first-order valence-electron chi connectivity index (χ1n) is 35.8. The molecular formula is C85H119Br3Cl2F6N10O12. The molecule has 0 spiro atoms. The molecule has 0 amide bonds. The van der Waals surface area contributed by atoms with Crippen LogP contribution in [0.2, 0.25) is 0 Å². The number of nitrogens with one attached hydrogen (secondary N) is 3. The van der Waals surface area contributed by atoms with Crippen molar-refractivity contribution in [3.63, 3.8) is 0 Å². The average Bonchev–Trinajstić information content (AvgIpc) is 1.69. The number of carboxylic acid groups (broad SMARTS) is 1. The number of hydrogen-bond acceptors (Lipinski definition) is 19. The minimum absolute atomic E-state index is 0. The molecule has 8 heterocycles. The molecule has 0 unspecified atom stereocenters. The molecule has 7 aromatic heterocycles. The van der Waals surface area contributed by atoms with Gasteiger partial charge in [0.05, 0.1) is 18.7 Å². The van der Waals surface area contributed by atoms with Gasteiger partial charge >= 0.3 is 24.3 Å². The number of ether oxygens (including phenoxy) is 2. The number of pyridine rings is 6. The highest BCUT2D eigenvalue weighted by atomic mass is 79.9. The first kappa shape index (κ1) is 127. The summed E-state index contributed by atoms with van der Waals surface area (Å²) in [4.78, 5) is 88.5. The summed E-state index contributed by atoms with van der Waals surface area (Å²) in [7, 11) is 0. The zero-order valence-corrected chi connectivity index (χ0v) is 72.4. The monoisotopic (exact) mass is 1890 g/mol. The maximum atomic E-state index is 12.5. The Labute approximate surface area is 732 Å². The molecule has 0 bridgehead atoms. The number of hydrogen-bond donors (Lipinski definition) is 6. The standard InChI is InChI=1S/C16H16F3N3.C16H16F3NO2.C14H17NO.C8H8BrNO2.C7H6BrNO.C7H12.C6H4BrNO2.C4H8O.2C2H6O.3CH4.2ClH.H2N2.H2O.H2/c1-2-3-4-5-6-7-12-8-9-13(20-11-12)14-10-15(22-21-14)16(17,18)19;1-2-3-4-5-6-7-12-8-9-13(20-11-12)14(21)10-15(22)16(17,18)19;1-3-4-5-6-7-8-13-9-10-14(12(2)16)15-11-13;1-2-12-8(11)7-4-3-6(9)5-10-7;1-5(10)7-3-2-6(8)4-9-7;1-3-5-7-6-4-2;7-4-1-2-5(6(9)10)8-3-4;1-2-4-5-3-1;2*1-2-3;;;;;;1-2;;/h8-11H,2-5H2,1H3,(H,21,22);8-9,11H,2-5,10H2,1H3;9-11H,3-6H2,1-2H3;3-5H,2H2,1H3;2-4H,1H3;1H,4-7H2,2H3;1-3H,(H,9,10);1-4H2;2*3H,2H2,1H3;3*1H4;2*1H;1-2H;1H2;1H. The quantitative estimate of drug-likeness (QED) is 0.00740. The largest absolute Gasteiger partial charge is 0.477 e. The van der Waals surface area contributed by atoms with Crippen molar-refractivity contribution in [2.45, 2.75) is 219 Å². The van der Waals surface area contributed by atoms with E-state index in [1.807, 2.05) is 11.2 Å². The van der Waals surface area contributed by atoms with Crippen LogP contribution >= 0.6 is 72.6 Å². The highest BCUT2D eigenvalue weighted by molar-refractivity contribution is 9.11. The van der Waals surface area contributed by atoms with Crippen molar-refractivity contribution in [3.8, 4) is 59.3 Å². The van der Waals surface area contributed by atoms with Crippen LogP contribution in [0.15, 0.2) is 129 Å². The number of terminal acetylenes is 1. The van der Waals surface area contributed by atoms with Gasteiger partial charge < -0.3 is 30.3 Å². The molecule has 0 aliphatic carbocycles. The third kappa shape index (κ3) is 68.0. The highest BCUT2D eigenvalue weighted by Gasteiger charge is 2.39. The fourth-order valence-electron chi connectivity index (χ4n) is 7.52. The molecule has 0 atom stereocenters. The molecular weight excluding hydrogens is 1780 g/mol. The zero-order valence-electron chi connectivity index (χ0n) is 66.0. The Kier molecular flexibility index (Phi) is 88.1. The predicted molar refractivity (Wildman–Crippen MR) is 472 cm³/mol. The van der Waals surface area contributed by atoms with Crippen molar-refractivity contribution in [3.05, 3.63) is 180 Å². The lowest BCUT2D eigenvalue weighted by Gasteiger charge is -2.03. The second-order valence-corrected chi connectivity index (χ2v) is 25.3. The lowest BCUT2D eigenvalue weighted by molar-refractivity contribution is -0.170. The second kappa shape index (κ2) is 81.7. The Hall–Kier alpha value is -8.99. The number of carbonyl (C=O) groups excluding carboxylic acids is 5. The number of carboxylic acids is 1. The second-order valence-electron chi connectivity index (χ2n) is 22.6. The van der Waals surface area contributed by atoms with E-state index in [2.05, 4.69) is 152 Å². The number of alkyl halides is 6. The Morgan fingerprint density at radius 3 is 1.15 bits per heavy atom. The SMILES string of the molecule is C.C.C.C#CCCCCC.C1CCOC1.CC(=O)c1ccc(Br)cn1.CCCCCC#Cc1ccc(-c2cc(C(F)(F)F)[nH]n2)nc1.CCCCCC#Cc1ccc(C(=O)CC(=O)C(F)(F)F)nc1.CCCCCC#Cc1ccc(C(C)=O)nc1.CCO.CCO.CCOC(=O)c1ccc(Br)cn1.Cl.Cl.N=N.O.O=C(O)c1ccc(Br)cn1.[HH]. The van der Waals surface area contributed by atoms with E-state index in [9.17, 15) is 55.1 Å². The van der Waals surface area contributed by atoms with E-state index < -0.39 is 42.0 Å².